The van der Waals surface area contributed by atoms with Gasteiger partial charge in [-0.3, -0.25) is 4.79 Å². The van der Waals surface area contributed by atoms with Gasteiger partial charge in [-0.25, -0.2) is 17.2 Å². The quantitative estimate of drug-likeness (QED) is 0.546. The molecule has 1 fully saturated rings. The first kappa shape index (κ1) is 24.1. The molecule has 1 amide bonds. The van der Waals surface area contributed by atoms with Crippen LogP contribution in [0, 0.1) is 18.6 Å². The Hall–Kier alpha value is -3.01. The van der Waals surface area contributed by atoms with Crippen molar-refractivity contribution < 1.29 is 22.0 Å². The molecule has 0 atom stereocenters. The number of hydrogen-bond donors (Lipinski definition) is 1. The Labute approximate surface area is 201 Å². The van der Waals surface area contributed by atoms with Crippen molar-refractivity contribution in [3.63, 3.8) is 0 Å². The molecule has 3 aromatic carbocycles. The van der Waals surface area contributed by atoms with Crippen molar-refractivity contribution in [3.05, 3.63) is 88.4 Å². The first-order valence-corrected chi connectivity index (χ1v) is 12.3. The van der Waals surface area contributed by atoms with Crippen LogP contribution in [0.15, 0.2) is 65.6 Å². The number of carbonyl (C=O) groups is 1. The van der Waals surface area contributed by atoms with E-state index in [-0.39, 0.29) is 29.2 Å². The molecule has 0 aromatic heterocycles. The van der Waals surface area contributed by atoms with Crippen LogP contribution in [0.3, 0.4) is 0 Å². The second-order valence-electron chi connectivity index (χ2n) is 7.92. The van der Waals surface area contributed by atoms with Crippen molar-refractivity contribution in [1.82, 2.24) is 4.31 Å². The third kappa shape index (κ3) is 5.06. The van der Waals surface area contributed by atoms with E-state index in [9.17, 15) is 22.0 Å². The maximum Gasteiger partial charge on any atom is 0.255 e. The first-order valence-electron chi connectivity index (χ1n) is 10.5. The van der Waals surface area contributed by atoms with Gasteiger partial charge >= 0.3 is 0 Å². The zero-order valence-corrected chi connectivity index (χ0v) is 19.8. The molecule has 34 heavy (non-hydrogen) atoms. The Bertz CT molecular complexity index is 1330. The van der Waals surface area contributed by atoms with Crippen molar-refractivity contribution in [1.29, 1.82) is 0 Å². The number of rotatable bonds is 5. The Morgan fingerprint density at radius 1 is 0.941 bits per heavy atom. The lowest BCUT2D eigenvalue weighted by atomic mass is 10.1. The van der Waals surface area contributed by atoms with E-state index in [1.165, 1.54) is 28.6 Å². The maximum absolute atomic E-state index is 14.7. The topological polar surface area (TPSA) is 69.7 Å². The SMILES string of the molecule is Cc1ccc(Cl)cc1N1CCN(S(=O)(=O)c2ccc(NC(=O)c3ccc(F)cc3)c(F)c2)CC1. The van der Waals surface area contributed by atoms with Gasteiger partial charge < -0.3 is 10.2 Å². The summed E-state index contributed by atoms with van der Waals surface area (Å²) in [5, 5.41) is 2.98. The van der Waals surface area contributed by atoms with Crippen LogP contribution in [-0.2, 0) is 10.0 Å². The third-order valence-corrected chi connectivity index (χ3v) is 7.81. The fourth-order valence-corrected chi connectivity index (χ4v) is 5.40. The molecule has 0 spiro atoms. The van der Waals surface area contributed by atoms with Crippen LogP contribution >= 0.6 is 11.6 Å². The molecule has 1 heterocycles. The van der Waals surface area contributed by atoms with Crippen LogP contribution in [0.5, 0.6) is 0 Å². The summed E-state index contributed by atoms with van der Waals surface area (Å²) >= 11 is 6.11. The summed E-state index contributed by atoms with van der Waals surface area (Å²) < 4.78 is 55.2. The Balaban J connectivity index is 1.45. The first-order chi connectivity index (χ1) is 16.1. The minimum absolute atomic E-state index is 0.144. The molecule has 0 unspecified atom stereocenters. The number of halogens is 3. The number of aryl methyl sites for hydroxylation is 1. The molecular weight excluding hydrogens is 484 g/mol. The number of sulfonamides is 1. The number of nitrogens with zero attached hydrogens (tertiary/aromatic N) is 2. The summed E-state index contributed by atoms with van der Waals surface area (Å²) in [5.74, 6) is -2.02. The predicted molar refractivity (Wildman–Crippen MR) is 128 cm³/mol. The van der Waals surface area contributed by atoms with Gasteiger partial charge in [0.2, 0.25) is 10.0 Å². The van der Waals surface area contributed by atoms with Gasteiger partial charge in [-0.05, 0) is 67.1 Å². The molecule has 1 N–H and O–H groups in total. The largest absolute Gasteiger partial charge is 0.369 e. The monoisotopic (exact) mass is 505 g/mol. The van der Waals surface area contributed by atoms with Gasteiger partial charge in [0, 0.05) is 42.5 Å². The van der Waals surface area contributed by atoms with Crippen LogP contribution in [0.4, 0.5) is 20.2 Å². The van der Waals surface area contributed by atoms with Gasteiger partial charge in [0.05, 0.1) is 10.6 Å². The van der Waals surface area contributed by atoms with Crippen LogP contribution in [0.2, 0.25) is 5.02 Å². The van der Waals surface area contributed by atoms with Crippen LogP contribution in [0.1, 0.15) is 15.9 Å². The molecule has 10 heteroatoms. The molecule has 0 aliphatic carbocycles. The zero-order chi connectivity index (χ0) is 24.5. The number of hydrogen-bond acceptors (Lipinski definition) is 4. The molecule has 0 saturated carbocycles. The van der Waals surface area contributed by atoms with Crippen LogP contribution in [0.25, 0.3) is 0 Å². The van der Waals surface area contributed by atoms with Crippen molar-refractivity contribution in [2.45, 2.75) is 11.8 Å². The van der Waals surface area contributed by atoms with E-state index in [4.69, 9.17) is 11.6 Å². The van der Waals surface area contributed by atoms with Crippen molar-refractivity contribution >= 4 is 38.9 Å². The van der Waals surface area contributed by atoms with Gasteiger partial charge in [-0.15, -0.1) is 0 Å². The highest BCUT2D eigenvalue weighted by molar-refractivity contribution is 7.89. The standard InChI is InChI=1S/C24H22ClF2N3O3S/c1-16-2-5-18(25)14-23(16)29-10-12-30(13-11-29)34(32,33)20-8-9-22(21(27)15-20)28-24(31)17-3-6-19(26)7-4-17/h2-9,14-15H,10-13H2,1H3,(H,28,31). The van der Waals surface area contributed by atoms with E-state index >= 15 is 0 Å². The molecule has 178 valence electrons. The lowest BCUT2D eigenvalue weighted by molar-refractivity contribution is 0.102. The summed E-state index contributed by atoms with van der Waals surface area (Å²) in [6, 6.07) is 13.7. The van der Waals surface area contributed by atoms with Crippen molar-refractivity contribution in [2.24, 2.45) is 0 Å². The molecule has 1 aliphatic heterocycles. The second kappa shape index (κ2) is 9.69. The van der Waals surface area contributed by atoms with E-state index in [1.54, 1.807) is 6.07 Å². The summed E-state index contributed by atoms with van der Waals surface area (Å²) in [6.45, 7) is 3.37. The molecule has 3 aromatic rings. The smallest absolute Gasteiger partial charge is 0.255 e. The number of carbonyl (C=O) groups excluding carboxylic acids is 1. The molecular formula is C24H22ClF2N3O3S. The highest BCUT2D eigenvalue weighted by Gasteiger charge is 2.29. The molecule has 0 radical (unpaired) electrons. The second-order valence-corrected chi connectivity index (χ2v) is 10.3. The normalized spacial score (nSPS) is 14.8. The highest BCUT2D eigenvalue weighted by atomic mass is 35.5. The Morgan fingerprint density at radius 3 is 2.26 bits per heavy atom. The van der Waals surface area contributed by atoms with Crippen molar-refractivity contribution in [3.8, 4) is 0 Å². The molecule has 4 rings (SSSR count). The van der Waals surface area contributed by atoms with E-state index in [1.807, 2.05) is 19.1 Å². The molecule has 0 bridgehead atoms. The Kier molecular flexibility index (Phi) is 6.88. The van der Waals surface area contributed by atoms with Crippen LogP contribution < -0.4 is 10.2 Å². The van der Waals surface area contributed by atoms with E-state index < -0.39 is 27.6 Å². The van der Waals surface area contributed by atoms with Crippen LogP contribution in [-0.4, -0.2) is 44.8 Å². The minimum atomic E-state index is -3.92. The summed E-state index contributed by atoms with van der Waals surface area (Å²) in [4.78, 5) is 14.1. The number of anilines is 2. The van der Waals surface area contributed by atoms with Crippen molar-refractivity contribution in [2.75, 3.05) is 36.4 Å². The van der Waals surface area contributed by atoms with E-state index in [0.29, 0.717) is 18.1 Å². The Morgan fingerprint density at radius 2 is 1.62 bits per heavy atom. The molecule has 6 nitrogen and oxygen atoms in total. The van der Waals surface area contributed by atoms with Gasteiger partial charge in [-0.2, -0.15) is 4.31 Å². The fraction of sp³-hybridized carbons (Fsp3) is 0.208. The molecule has 1 aliphatic rings. The number of amides is 1. The average molecular weight is 506 g/mol. The number of benzene rings is 3. The van der Waals surface area contributed by atoms with Gasteiger partial charge in [-0.1, -0.05) is 17.7 Å². The highest BCUT2D eigenvalue weighted by Crippen LogP contribution is 2.28. The van der Waals surface area contributed by atoms with Gasteiger partial charge in [0.15, 0.2) is 0 Å². The number of piperazine rings is 1. The minimum Gasteiger partial charge on any atom is -0.369 e. The predicted octanol–water partition coefficient (Wildman–Crippen LogP) is 4.69. The lowest BCUT2D eigenvalue weighted by Gasteiger charge is -2.36. The molecule has 1 saturated heterocycles. The lowest BCUT2D eigenvalue weighted by Crippen LogP contribution is -2.48. The summed E-state index contributed by atoms with van der Waals surface area (Å²) in [7, 11) is -3.92. The fourth-order valence-electron chi connectivity index (χ4n) is 3.80. The third-order valence-electron chi connectivity index (χ3n) is 5.68. The number of nitrogens with one attached hydrogen (secondary N) is 1. The van der Waals surface area contributed by atoms with E-state index in [0.717, 1.165) is 29.4 Å². The summed E-state index contributed by atoms with van der Waals surface area (Å²) in [5.41, 5.74) is 1.97. The zero-order valence-electron chi connectivity index (χ0n) is 18.3. The van der Waals surface area contributed by atoms with Gasteiger partial charge in [0.25, 0.3) is 5.91 Å². The maximum atomic E-state index is 14.7. The van der Waals surface area contributed by atoms with Gasteiger partial charge in [0.1, 0.15) is 11.6 Å². The average Bonchev–Trinajstić information content (AvgIpc) is 2.82. The summed E-state index contributed by atoms with van der Waals surface area (Å²) in [6.07, 6.45) is 0. The van der Waals surface area contributed by atoms with E-state index in [2.05, 4.69) is 10.2 Å².